The molecule has 1 saturated carbocycles. The van der Waals surface area contributed by atoms with E-state index >= 15 is 0 Å². The number of rotatable bonds is 5. The minimum atomic E-state index is 0.365. The van der Waals surface area contributed by atoms with Gasteiger partial charge >= 0.3 is 0 Å². The topological polar surface area (TPSA) is 16.6 Å². The first kappa shape index (κ1) is 12.9. The Balaban J connectivity index is 1.94. The van der Waals surface area contributed by atoms with Gasteiger partial charge in [0.25, 0.3) is 0 Å². The zero-order valence-corrected chi connectivity index (χ0v) is 11.2. The second-order valence-corrected chi connectivity index (χ2v) is 5.26. The third-order valence-electron chi connectivity index (χ3n) is 3.22. The lowest BCUT2D eigenvalue weighted by Crippen LogP contribution is -2.90. The van der Waals surface area contributed by atoms with Gasteiger partial charge in [-0.2, -0.15) is 0 Å². The van der Waals surface area contributed by atoms with Gasteiger partial charge in [0.2, 0.25) is 0 Å². The average Bonchev–Trinajstić information content (AvgIpc) is 3.18. The Kier molecular flexibility index (Phi) is 4.61. The molecule has 0 radical (unpaired) electrons. The quantitative estimate of drug-likeness (QED) is 0.760. The van der Waals surface area contributed by atoms with Gasteiger partial charge in [-0.05, 0) is 36.8 Å². The second kappa shape index (κ2) is 6.42. The number of allylic oxidation sites excluding steroid dienone is 1. The lowest BCUT2D eigenvalue weighted by molar-refractivity contribution is -0.679. The monoisotopic (exact) mass is 240 g/mol. The van der Waals surface area contributed by atoms with E-state index in [-0.39, 0.29) is 0 Å². The average molecular weight is 240 g/mol. The van der Waals surface area contributed by atoms with Crippen LogP contribution in [0.25, 0.3) is 0 Å². The molecule has 0 aromatic heterocycles. The van der Waals surface area contributed by atoms with Crippen molar-refractivity contribution in [3.63, 3.8) is 0 Å². The number of quaternary nitrogens is 1. The fourth-order valence-corrected chi connectivity index (χ4v) is 1.99. The van der Waals surface area contributed by atoms with Crippen LogP contribution in [0.5, 0.6) is 0 Å². The van der Waals surface area contributed by atoms with Gasteiger partial charge in [-0.25, -0.2) is 0 Å². The molecule has 0 amide bonds. The highest BCUT2D eigenvalue weighted by Gasteiger charge is 2.24. The highest BCUT2D eigenvalue weighted by molar-refractivity contribution is 5.26. The van der Waals surface area contributed by atoms with Crippen LogP contribution < -0.4 is 5.32 Å². The molecule has 1 aliphatic carbocycles. The summed E-state index contributed by atoms with van der Waals surface area (Å²) in [6, 6.07) is 11.0. The van der Waals surface area contributed by atoms with Crippen LogP contribution in [-0.2, 0) is 6.42 Å². The van der Waals surface area contributed by atoms with Gasteiger partial charge in [0, 0.05) is 12.3 Å². The molecule has 1 fully saturated rings. The molecule has 0 spiro atoms. The summed E-state index contributed by atoms with van der Waals surface area (Å²) in [5, 5.41) is 2.40. The molecule has 1 aromatic carbocycles. The molecule has 1 aliphatic rings. The van der Waals surface area contributed by atoms with Crippen LogP contribution in [0.4, 0.5) is 0 Å². The third-order valence-corrected chi connectivity index (χ3v) is 3.22. The van der Waals surface area contributed by atoms with Crippen LogP contribution in [0.15, 0.2) is 42.5 Å². The van der Waals surface area contributed by atoms with Crippen molar-refractivity contribution in [1.29, 1.82) is 0 Å². The summed E-state index contributed by atoms with van der Waals surface area (Å²) in [6.45, 7) is 7.04. The van der Waals surface area contributed by atoms with Crippen LogP contribution in [0.1, 0.15) is 25.3 Å². The van der Waals surface area contributed by atoms with E-state index in [0.29, 0.717) is 6.04 Å². The van der Waals surface area contributed by atoms with E-state index in [1.54, 1.807) is 0 Å². The Morgan fingerprint density at radius 3 is 2.72 bits per heavy atom. The van der Waals surface area contributed by atoms with Crippen molar-refractivity contribution in [3.05, 3.63) is 48.0 Å². The summed E-state index contributed by atoms with van der Waals surface area (Å²) >= 11 is 0. The summed E-state index contributed by atoms with van der Waals surface area (Å²) in [5.74, 6) is 7.42. The van der Waals surface area contributed by atoms with Crippen LogP contribution in [0.3, 0.4) is 0 Å². The normalized spacial score (nSPS) is 15.6. The molecule has 0 bridgehead atoms. The van der Waals surface area contributed by atoms with Gasteiger partial charge in [0.15, 0.2) is 6.04 Å². The molecule has 1 heteroatoms. The van der Waals surface area contributed by atoms with Crippen LogP contribution in [-0.4, -0.2) is 12.6 Å². The summed E-state index contributed by atoms with van der Waals surface area (Å²) < 4.78 is 0. The first-order valence-electron chi connectivity index (χ1n) is 6.78. The third kappa shape index (κ3) is 4.77. The zero-order valence-electron chi connectivity index (χ0n) is 11.2. The van der Waals surface area contributed by atoms with Crippen LogP contribution in [0, 0.1) is 17.8 Å². The van der Waals surface area contributed by atoms with E-state index < -0.39 is 0 Å². The van der Waals surface area contributed by atoms with E-state index in [1.165, 1.54) is 24.9 Å². The molecule has 1 aromatic rings. The molecule has 18 heavy (non-hydrogen) atoms. The van der Waals surface area contributed by atoms with E-state index in [0.717, 1.165) is 17.9 Å². The summed E-state index contributed by atoms with van der Waals surface area (Å²) in [4.78, 5) is 0. The highest BCUT2D eigenvalue weighted by atomic mass is 14.9. The SMILES string of the molecule is C=C(C)C#CC(Cc1ccccc1)[NH2+]CC1CC1. The maximum absolute atomic E-state index is 3.85. The molecule has 0 saturated heterocycles. The van der Waals surface area contributed by atoms with Crippen molar-refractivity contribution in [2.75, 3.05) is 6.54 Å². The van der Waals surface area contributed by atoms with Crippen LogP contribution >= 0.6 is 0 Å². The lowest BCUT2D eigenvalue weighted by atomic mass is 10.1. The van der Waals surface area contributed by atoms with Gasteiger partial charge in [-0.15, -0.1) is 0 Å². The van der Waals surface area contributed by atoms with Crippen molar-refractivity contribution >= 4 is 0 Å². The van der Waals surface area contributed by atoms with E-state index in [9.17, 15) is 0 Å². The van der Waals surface area contributed by atoms with E-state index in [1.807, 2.05) is 6.92 Å². The molecular formula is C17H22N+. The maximum Gasteiger partial charge on any atom is 0.152 e. The zero-order chi connectivity index (χ0) is 12.8. The smallest absolute Gasteiger partial charge is 0.152 e. The number of benzene rings is 1. The summed E-state index contributed by atoms with van der Waals surface area (Å²) in [5.41, 5.74) is 2.32. The summed E-state index contributed by atoms with van der Waals surface area (Å²) in [6.07, 6.45) is 3.83. The minimum absolute atomic E-state index is 0.365. The van der Waals surface area contributed by atoms with Gasteiger partial charge in [0.05, 0.1) is 6.54 Å². The minimum Gasteiger partial charge on any atom is -0.333 e. The van der Waals surface area contributed by atoms with E-state index in [2.05, 4.69) is 54.1 Å². The molecule has 2 N–H and O–H groups in total. The molecule has 1 unspecified atom stereocenters. The Hall–Kier alpha value is -1.52. The van der Waals surface area contributed by atoms with Crippen molar-refractivity contribution in [1.82, 2.24) is 0 Å². The second-order valence-electron chi connectivity index (χ2n) is 5.26. The number of hydrogen-bond acceptors (Lipinski definition) is 0. The predicted octanol–water partition coefficient (Wildman–Crippen LogP) is 2.15. The molecule has 1 atom stereocenters. The van der Waals surface area contributed by atoms with Gasteiger partial charge in [-0.1, -0.05) is 42.8 Å². The first-order chi connectivity index (χ1) is 8.74. The van der Waals surface area contributed by atoms with Gasteiger partial charge in [0.1, 0.15) is 0 Å². The number of hydrogen-bond donors (Lipinski definition) is 1. The molecular weight excluding hydrogens is 218 g/mol. The Labute approximate surface area is 110 Å². The lowest BCUT2D eigenvalue weighted by Gasteiger charge is -2.09. The molecule has 0 aliphatic heterocycles. The van der Waals surface area contributed by atoms with E-state index in [4.69, 9.17) is 0 Å². The fourth-order valence-electron chi connectivity index (χ4n) is 1.99. The Morgan fingerprint density at radius 2 is 2.11 bits per heavy atom. The molecule has 1 nitrogen and oxygen atoms in total. The molecule has 2 rings (SSSR count). The van der Waals surface area contributed by atoms with Gasteiger partial charge in [-0.3, -0.25) is 0 Å². The van der Waals surface area contributed by atoms with Crippen molar-refractivity contribution in [2.45, 2.75) is 32.2 Å². The van der Waals surface area contributed by atoms with Crippen LogP contribution in [0.2, 0.25) is 0 Å². The van der Waals surface area contributed by atoms with Gasteiger partial charge < -0.3 is 5.32 Å². The standard InChI is InChI=1S/C17H21N/c1-14(2)8-11-17(18-13-16-9-10-16)12-15-6-4-3-5-7-15/h3-7,16-18H,1,9-10,12-13H2,2H3/p+1. The van der Waals surface area contributed by atoms with Crippen molar-refractivity contribution < 1.29 is 5.32 Å². The first-order valence-corrected chi connectivity index (χ1v) is 6.78. The largest absolute Gasteiger partial charge is 0.333 e. The highest BCUT2D eigenvalue weighted by Crippen LogP contribution is 2.26. The molecule has 94 valence electrons. The summed E-state index contributed by atoms with van der Waals surface area (Å²) in [7, 11) is 0. The van der Waals surface area contributed by atoms with Crippen molar-refractivity contribution in [3.8, 4) is 11.8 Å². The Morgan fingerprint density at radius 1 is 1.39 bits per heavy atom. The maximum atomic E-state index is 3.85. The predicted molar refractivity (Wildman–Crippen MR) is 76.0 cm³/mol. The Bertz CT molecular complexity index is 445. The number of nitrogens with two attached hydrogens (primary N) is 1. The fraction of sp³-hybridized carbons (Fsp3) is 0.412. The van der Waals surface area contributed by atoms with Crippen molar-refractivity contribution in [2.24, 2.45) is 5.92 Å². The molecule has 0 heterocycles.